The predicted octanol–water partition coefficient (Wildman–Crippen LogP) is 1.39. The van der Waals surface area contributed by atoms with Crippen molar-refractivity contribution >= 4 is 11.8 Å². The standard InChI is InChI=1S/C15H14N2O3/c16-14(18)11-6-8-12(9-7-11)20-13(15(17)19)10-4-2-1-3-5-10/h1-9,13H,(H2,16,18)(H2,17,19). The zero-order chi connectivity index (χ0) is 14.5. The van der Waals surface area contributed by atoms with E-state index in [0.29, 0.717) is 16.9 Å². The van der Waals surface area contributed by atoms with Gasteiger partial charge in [0, 0.05) is 11.1 Å². The highest BCUT2D eigenvalue weighted by molar-refractivity contribution is 5.92. The van der Waals surface area contributed by atoms with Gasteiger partial charge in [0.2, 0.25) is 12.0 Å². The van der Waals surface area contributed by atoms with Gasteiger partial charge in [-0.05, 0) is 24.3 Å². The molecule has 0 saturated heterocycles. The lowest BCUT2D eigenvalue weighted by atomic mass is 10.1. The fourth-order valence-corrected chi connectivity index (χ4v) is 1.75. The van der Waals surface area contributed by atoms with Crippen molar-refractivity contribution in [2.45, 2.75) is 6.10 Å². The average Bonchev–Trinajstić information content (AvgIpc) is 2.46. The SMILES string of the molecule is NC(=O)c1ccc(OC(C(N)=O)c2ccccc2)cc1. The first-order chi connectivity index (χ1) is 9.58. The van der Waals surface area contributed by atoms with Crippen molar-refractivity contribution in [3.63, 3.8) is 0 Å². The van der Waals surface area contributed by atoms with Crippen LogP contribution >= 0.6 is 0 Å². The van der Waals surface area contributed by atoms with Crippen molar-refractivity contribution in [1.82, 2.24) is 0 Å². The minimum absolute atomic E-state index is 0.368. The van der Waals surface area contributed by atoms with Gasteiger partial charge in [-0.1, -0.05) is 30.3 Å². The van der Waals surface area contributed by atoms with E-state index in [0.717, 1.165) is 0 Å². The number of carbonyl (C=O) groups is 2. The van der Waals surface area contributed by atoms with Crippen molar-refractivity contribution in [2.24, 2.45) is 11.5 Å². The van der Waals surface area contributed by atoms with Gasteiger partial charge in [0.1, 0.15) is 5.75 Å². The lowest BCUT2D eigenvalue weighted by Gasteiger charge is -2.16. The molecule has 0 saturated carbocycles. The van der Waals surface area contributed by atoms with Crippen LogP contribution in [0.5, 0.6) is 5.75 Å². The van der Waals surface area contributed by atoms with Gasteiger partial charge in [-0.15, -0.1) is 0 Å². The van der Waals surface area contributed by atoms with Gasteiger partial charge < -0.3 is 16.2 Å². The molecule has 0 aliphatic rings. The number of hydrogen-bond acceptors (Lipinski definition) is 3. The Hall–Kier alpha value is -2.82. The second-order valence-corrected chi connectivity index (χ2v) is 4.20. The van der Waals surface area contributed by atoms with Crippen LogP contribution in [0.2, 0.25) is 0 Å². The lowest BCUT2D eigenvalue weighted by Crippen LogP contribution is -2.26. The molecule has 0 aliphatic carbocycles. The number of primary amides is 2. The summed E-state index contributed by atoms with van der Waals surface area (Å²) in [6.45, 7) is 0. The summed E-state index contributed by atoms with van der Waals surface area (Å²) >= 11 is 0. The molecule has 102 valence electrons. The second-order valence-electron chi connectivity index (χ2n) is 4.20. The molecular weight excluding hydrogens is 256 g/mol. The number of rotatable bonds is 5. The minimum atomic E-state index is -0.879. The van der Waals surface area contributed by atoms with Crippen molar-refractivity contribution in [2.75, 3.05) is 0 Å². The molecule has 0 aromatic heterocycles. The van der Waals surface area contributed by atoms with Crippen LogP contribution in [0.4, 0.5) is 0 Å². The Morgan fingerprint density at radius 3 is 2.00 bits per heavy atom. The smallest absolute Gasteiger partial charge is 0.263 e. The summed E-state index contributed by atoms with van der Waals surface area (Å²) in [6.07, 6.45) is -0.879. The Bertz CT molecular complexity index is 609. The van der Waals surface area contributed by atoms with Gasteiger partial charge in [0.25, 0.3) is 5.91 Å². The van der Waals surface area contributed by atoms with E-state index in [-0.39, 0.29) is 0 Å². The van der Waals surface area contributed by atoms with E-state index in [9.17, 15) is 9.59 Å². The summed E-state index contributed by atoms with van der Waals surface area (Å²) in [6, 6.07) is 15.1. The highest BCUT2D eigenvalue weighted by atomic mass is 16.5. The molecule has 20 heavy (non-hydrogen) atoms. The highest BCUT2D eigenvalue weighted by Crippen LogP contribution is 2.22. The Balaban J connectivity index is 2.21. The predicted molar refractivity (Wildman–Crippen MR) is 74.0 cm³/mol. The van der Waals surface area contributed by atoms with Crippen molar-refractivity contribution in [1.29, 1.82) is 0 Å². The summed E-state index contributed by atoms with van der Waals surface area (Å²) in [7, 11) is 0. The van der Waals surface area contributed by atoms with Crippen LogP contribution in [-0.2, 0) is 4.79 Å². The maximum absolute atomic E-state index is 11.5. The van der Waals surface area contributed by atoms with Crippen LogP contribution in [0.3, 0.4) is 0 Å². The van der Waals surface area contributed by atoms with E-state index in [4.69, 9.17) is 16.2 Å². The van der Waals surface area contributed by atoms with E-state index < -0.39 is 17.9 Å². The van der Waals surface area contributed by atoms with Crippen LogP contribution in [0, 0.1) is 0 Å². The Kier molecular flexibility index (Phi) is 4.00. The van der Waals surface area contributed by atoms with Crippen molar-refractivity contribution in [3.05, 3.63) is 65.7 Å². The molecular formula is C15H14N2O3. The lowest BCUT2D eigenvalue weighted by molar-refractivity contribution is -0.125. The monoisotopic (exact) mass is 270 g/mol. The van der Waals surface area contributed by atoms with Crippen LogP contribution in [-0.4, -0.2) is 11.8 Å². The molecule has 2 aromatic rings. The van der Waals surface area contributed by atoms with Crippen molar-refractivity contribution in [3.8, 4) is 5.75 Å². The van der Waals surface area contributed by atoms with Gasteiger partial charge in [-0.3, -0.25) is 9.59 Å². The largest absolute Gasteiger partial charge is 0.476 e. The Morgan fingerprint density at radius 1 is 0.900 bits per heavy atom. The quantitative estimate of drug-likeness (QED) is 0.859. The maximum Gasteiger partial charge on any atom is 0.263 e. The third-order valence-corrected chi connectivity index (χ3v) is 2.75. The van der Waals surface area contributed by atoms with Gasteiger partial charge in [-0.2, -0.15) is 0 Å². The molecule has 5 heteroatoms. The highest BCUT2D eigenvalue weighted by Gasteiger charge is 2.19. The molecule has 0 heterocycles. The average molecular weight is 270 g/mol. The normalized spacial score (nSPS) is 11.6. The summed E-state index contributed by atoms with van der Waals surface area (Å²) in [5.74, 6) is -0.677. The molecule has 2 amide bonds. The molecule has 1 atom stereocenters. The minimum Gasteiger partial charge on any atom is -0.476 e. The van der Waals surface area contributed by atoms with Gasteiger partial charge in [-0.25, -0.2) is 0 Å². The Labute approximate surface area is 116 Å². The van der Waals surface area contributed by atoms with E-state index in [2.05, 4.69) is 0 Å². The third kappa shape index (κ3) is 3.14. The molecule has 0 aliphatic heterocycles. The van der Waals surface area contributed by atoms with E-state index in [1.165, 1.54) is 12.1 Å². The number of carbonyl (C=O) groups excluding carboxylic acids is 2. The molecule has 0 spiro atoms. The first kappa shape index (κ1) is 13.6. The van der Waals surface area contributed by atoms with Crippen LogP contribution in [0.15, 0.2) is 54.6 Å². The van der Waals surface area contributed by atoms with E-state index in [1.807, 2.05) is 6.07 Å². The fraction of sp³-hybridized carbons (Fsp3) is 0.0667. The first-order valence-corrected chi connectivity index (χ1v) is 5.98. The van der Waals surface area contributed by atoms with Gasteiger partial charge in [0.05, 0.1) is 0 Å². The van der Waals surface area contributed by atoms with Gasteiger partial charge in [0.15, 0.2) is 0 Å². The van der Waals surface area contributed by atoms with Gasteiger partial charge >= 0.3 is 0 Å². The molecule has 0 bridgehead atoms. The third-order valence-electron chi connectivity index (χ3n) is 2.75. The molecule has 2 rings (SSSR count). The zero-order valence-corrected chi connectivity index (χ0v) is 10.7. The zero-order valence-electron chi connectivity index (χ0n) is 10.7. The van der Waals surface area contributed by atoms with E-state index >= 15 is 0 Å². The molecule has 0 radical (unpaired) electrons. The fourth-order valence-electron chi connectivity index (χ4n) is 1.75. The second kappa shape index (κ2) is 5.88. The van der Waals surface area contributed by atoms with E-state index in [1.54, 1.807) is 36.4 Å². The summed E-state index contributed by atoms with van der Waals surface area (Å²) < 4.78 is 5.57. The molecule has 5 nitrogen and oxygen atoms in total. The summed E-state index contributed by atoms with van der Waals surface area (Å²) in [5, 5.41) is 0. The molecule has 2 aromatic carbocycles. The molecule has 4 N–H and O–H groups in total. The molecule has 0 fully saturated rings. The number of ether oxygens (including phenoxy) is 1. The molecule has 1 unspecified atom stereocenters. The van der Waals surface area contributed by atoms with Crippen LogP contribution in [0.1, 0.15) is 22.0 Å². The van der Waals surface area contributed by atoms with Crippen molar-refractivity contribution < 1.29 is 14.3 Å². The topological polar surface area (TPSA) is 95.4 Å². The summed E-state index contributed by atoms with van der Waals surface area (Å²) in [5.41, 5.74) is 11.5. The number of nitrogens with two attached hydrogens (primary N) is 2. The Morgan fingerprint density at radius 2 is 1.50 bits per heavy atom. The number of amides is 2. The summed E-state index contributed by atoms with van der Waals surface area (Å²) in [4.78, 5) is 22.5. The van der Waals surface area contributed by atoms with Crippen LogP contribution < -0.4 is 16.2 Å². The first-order valence-electron chi connectivity index (χ1n) is 5.98. The van der Waals surface area contributed by atoms with Crippen LogP contribution in [0.25, 0.3) is 0 Å². The number of benzene rings is 2. The maximum atomic E-state index is 11.5. The number of hydrogen-bond donors (Lipinski definition) is 2.